The number of benzene rings is 8. The normalized spacial score (nSPS) is 12.4. The Hall–Kier alpha value is -4.72. The van der Waals surface area contributed by atoms with Crippen molar-refractivity contribution < 1.29 is 244 Å². The van der Waals surface area contributed by atoms with Crippen molar-refractivity contribution >= 4 is 160 Å². The smallest absolute Gasteiger partial charge is 0.870 e. The fraction of sp³-hybridized carbons (Fsp3) is 0. The number of rotatable bonds is 19. The molecule has 0 heterocycles. The first-order valence-electron chi connectivity index (χ1n) is 23.5. The van der Waals surface area contributed by atoms with Crippen LogP contribution < -0.4 is 175 Å². The van der Waals surface area contributed by atoms with Gasteiger partial charge in [0.2, 0.25) is 0 Å². The molecule has 0 aromatic heterocycles. The van der Waals surface area contributed by atoms with Crippen molar-refractivity contribution in [3.05, 3.63) is 145 Å². The summed E-state index contributed by atoms with van der Waals surface area (Å²) in [4.78, 5) is 6.70. The summed E-state index contributed by atoms with van der Waals surface area (Å²) in [6.45, 7) is 6.40. The molecule has 0 spiro atoms. The third kappa shape index (κ3) is 18.7. The Bertz CT molecular complexity index is 5390. The summed E-state index contributed by atoms with van der Waals surface area (Å²) in [5.74, 6) is -4.03. The molecule has 0 bridgehead atoms. The van der Waals surface area contributed by atoms with Gasteiger partial charge in [-0.3, -0.25) is 13.9 Å². The van der Waals surface area contributed by atoms with Crippen LogP contribution in [0.3, 0.4) is 0 Å². The monoisotopic (exact) mass is 1460 g/mol. The van der Waals surface area contributed by atoms with Crippen molar-refractivity contribution in [1.29, 1.82) is 0 Å². The van der Waals surface area contributed by atoms with E-state index in [2.05, 4.69) is 59.4 Å². The molecule has 462 valence electrons. The molecule has 0 unspecified atom stereocenters. The van der Waals surface area contributed by atoms with E-state index in [0.29, 0.717) is 47.2 Å². The first-order chi connectivity index (χ1) is 41.2. The van der Waals surface area contributed by atoms with E-state index < -0.39 is 174 Å². The number of carbonyl (C=O) groups is 1. The van der Waals surface area contributed by atoms with Crippen LogP contribution in [0.5, 0.6) is 11.5 Å². The van der Waals surface area contributed by atoms with Gasteiger partial charge in [-0.25, -0.2) is 42.1 Å². The number of amides is 1. The van der Waals surface area contributed by atoms with Gasteiger partial charge in [0.05, 0.1) is 64.3 Å². The number of nitrogen functional groups attached to an aromatic ring is 2. The van der Waals surface area contributed by atoms with Gasteiger partial charge in [0.15, 0.2) is 19.7 Å². The predicted molar refractivity (Wildman–Crippen MR) is 304 cm³/mol. The number of nitrogens with one attached hydrogen (secondary N) is 1. The summed E-state index contributed by atoms with van der Waals surface area (Å²) in [7, 11) is -35.6. The van der Waals surface area contributed by atoms with Gasteiger partial charge in [-0.1, -0.05) is 24.7 Å². The van der Waals surface area contributed by atoms with E-state index in [1.54, 1.807) is 0 Å². The summed E-state index contributed by atoms with van der Waals surface area (Å²) in [5, 5.41) is 58.3. The summed E-state index contributed by atoms with van der Waals surface area (Å²) in [6, 6.07) is 17.1. The van der Waals surface area contributed by atoms with E-state index in [1.165, 1.54) is 0 Å². The van der Waals surface area contributed by atoms with Gasteiger partial charge >= 0.3 is 148 Å². The number of azo groups is 4. The quantitative estimate of drug-likeness (QED) is 0.0217. The van der Waals surface area contributed by atoms with Gasteiger partial charge in [-0.05, 0) is 126 Å². The zero-order chi connectivity index (χ0) is 65.7. The van der Waals surface area contributed by atoms with Crippen molar-refractivity contribution in [3.63, 3.8) is 0 Å². The van der Waals surface area contributed by atoms with E-state index in [1.807, 2.05) is 0 Å². The maximum atomic E-state index is 14.1. The van der Waals surface area contributed by atoms with Gasteiger partial charge < -0.3 is 40.7 Å². The molecule has 94 heavy (non-hydrogen) atoms. The fourth-order valence-electron chi connectivity index (χ4n) is 7.95. The molecular weight excluding hydrogens is 1430 g/mol. The average Bonchev–Trinajstić information content (AvgIpc) is 0.749. The number of fused-ring (bicyclic) bond motifs is 2. The second kappa shape index (κ2) is 31.9. The minimum atomic E-state index is -5.62. The van der Waals surface area contributed by atoms with E-state index in [-0.39, 0.29) is 186 Å². The van der Waals surface area contributed by atoms with Crippen LogP contribution in [-0.4, -0.2) is 87.6 Å². The summed E-state index contributed by atoms with van der Waals surface area (Å²) < 4.78 is 231. The second-order valence-corrected chi connectivity index (χ2v) is 28.4. The van der Waals surface area contributed by atoms with Crippen LogP contribution in [-0.2, 0) is 70.3 Å². The molecule has 8 aromatic rings. The molecule has 0 radical (unpaired) electrons. The predicted octanol–water partition coefficient (Wildman–Crippen LogP) is -7.72. The molecule has 0 atom stereocenters. The van der Waals surface area contributed by atoms with E-state index in [9.17, 15) is 96.7 Å². The number of hydrogen-bond donors (Lipinski definition) is 5. The molecule has 8 rings (SSSR count). The largest absolute Gasteiger partial charge is 1.00 e. The molecule has 0 saturated heterocycles. The molecule has 1 amide bonds. The number of sulfone groups is 2. The molecule has 0 aliphatic heterocycles. The molecule has 33 nitrogen and oxygen atoms in total. The maximum absolute atomic E-state index is 14.1. The van der Waals surface area contributed by atoms with E-state index in [4.69, 9.17) is 11.5 Å². The molecular formula is C49H32N11Na5O22S7. The van der Waals surface area contributed by atoms with Crippen LogP contribution in [0.15, 0.2) is 214 Å². The number of nitrogens with zero attached hydrogens (tertiary/aromatic N) is 8. The van der Waals surface area contributed by atoms with Crippen LogP contribution in [0, 0.1) is 0 Å². The molecule has 0 saturated carbocycles. The zero-order valence-electron chi connectivity index (χ0n) is 48.7. The van der Waals surface area contributed by atoms with Crippen LogP contribution in [0.25, 0.3) is 21.5 Å². The number of anilines is 3. The van der Waals surface area contributed by atoms with E-state index >= 15 is 0 Å². The van der Waals surface area contributed by atoms with Gasteiger partial charge in [0, 0.05) is 32.8 Å². The summed E-state index contributed by atoms with van der Waals surface area (Å²) in [6.07, 6.45) is 0. The van der Waals surface area contributed by atoms with Crippen molar-refractivity contribution in [2.75, 3.05) is 16.8 Å². The van der Waals surface area contributed by atoms with Gasteiger partial charge in [0.1, 0.15) is 57.2 Å². The van der Waals surface area contributed by atoms with Gasteiger partial charge in [0.25, 0.3) is 26.1 Å². The zero-order valence-corrected chi connectivity index (χ0v) is 64.4. The Kier molecular flexibility index (Phi) is 28.3. The third-order valence-corrected chi connectivity index (χ3v) is 19.2. The number of nitrogens with two attached hydrogens (primary N) is 2. The first-order valence-corrected chi connectivity index (χ1v) is 33.7. The first kappa shape index (κ1) is 83.5. The standard InChI is InChI=1S/C49H37N11O22S7.5Na/c1-3-83(64,65)31-14-9-28(10-15-31)53-57-43-35(86(71,72)73)19-25-21-37(88(77,78)79)45(47(61)39(25)41(43)50)59-55-27-7-5-24(6-8-27)49(63)52-30-13-18-34(85(68,69)70)33(23-30)56-60-46-38(89(80,81)82)22-26-20-36(87(74,75)76)44(42(51)40(26)48(46)62)58-54-29-11-16-32(17-12-29)84(66,67)4-2;;;;;/h3-23,61-62H,1-2,50-51H2,(H,52,63)(H,68,69,70)(H,71,72,73)(H,74,75,76)(H,77,78,79)(H,80,81,82);;;;;/q;5*+1/p-5. The Morgan fingerprint density at radius 1 is 0.426 bits per heavy atom. The minimum absolute atomic E-state index is 0. The summed E-state index contributed by atoms with van der Waals surface area (Å²) >= 11 is 0. The van der Waals surface area contributed by atoms with Gasteiger partial charge in [-0.2, -0.15) is 32.2 Å². The van der Waals surface area contributed by atoms with Crippen molar-refractivity contribution in [1.82, 2.24) is 0 Å². The van der Waals surface area contributed by atoms with Crippen LogP contribution in [0.1, 0.15) is 10.4 Å². The molecule has 0 fully saturated rings. The Labute approximate surface area is 644 Å². The topological polar surface area (TPSA) is 575 Å². The van der Waals surface area contributed by atoms with Crippen molar-refractivity contribution in [3.8, 4) is 11.5 Å². The number of carbonyl (C=O) groups excluding carboxylic acids is 1. The third-order valence-electron chi connectivity index (χ3n) is 12.1. The summed E-state index contributed by atoms with van der Waals surface area (Å²) in [5.41, 5.74) is 4.02. The Balaban J connectivity index is 0.00000461. The second-order valence-electron chi connectivity index (χ2n) is 17.8. The van der Waals surface area contributed by atoms with Crippen molar-refractivity contribution in [2.24, 2.45) is 40.9 Å². The SMILES string of the molecule is C=CS(=O)(=O)c1ccc(N=Nc2c(S(=O)(=O)[O-])cc3cc(S(=O)(=O)O)c(N=Nc4ccc(C(=O)Nc5ccc(S(=O)(=O)[O-])c(N=Nc6c(S(=O)(=O)O)cc7cc(S(=O)(=O)[O-])c(N=Nc8ccc(S(=O)(=O)C=C)cc8)c(N)c7c6[O-])c5)cc4)c([O-])c3c2N)cc1.[Na+].[Na+].[Na+].[Na+].[Na+]. The maximum Gasteiger partial charge on any atom is 1.00 e. The Morgan fingerprint density at radius 2 is 0.745 bits per heavy atom. The fourth-order valence-corrected chi connectivity index (χ4v) is 12.6. The van der Waals surface area contributed by atoms with E-state index in [0.717, 1.165) is 78.9 Å². The molecule has 0 aliphatic carbocycles. The van der Waals surface area contributed by atoms with Crippen molar-refractivity contribution in [2.45, 2.75) is 34.3 Å². The Morgan fingerprint density at radius 3 is 1.07 bits per heavy atom. The molecule has 7 N–H and O–H groups in total. The molecule has 0 aliphatic rings. The number of hydrogen-bond acceptors (Lipinski definition) is 30. The average molecular weight is 1470 g/mol. The van der Waals surface area contributed by atoms with Crippen LogP contribution >= 0.6 is 0 Å². The molecule has 45 heteroatoms. The van der Waals surface area contributed by atoms with Crippen LogP contribution in [0.4, 0.5) is 62.6 Å². The molecule has 8 aromatic carbocycles. The minimum Gasteiger partial charge on any atom is -0.870 e. The van der Waals surface area contributed by atoms with Crippen LogP contribution in [0.2, 0.25) is 0 Å². The van der Waals surface area contributed by atoms with Gasteiger partial charge in [-0.15, -0.1) is 25.6 Å².